The van der Waals surface area contributed by atoms with E-state index < -0.39 is 0 Å². The fourth-order valence-corrected chi connectivity index (χ4v) is 2.50. The van der Waals surface area contributed by atoms with Gasteiger partial charge in [-0.2, -0.15) is 0 Å². The molecule has 106 valence electrons. The predicted octanol–water partition coefficient (Wildman–Crippen LogP) is 2.44. The van der Waals surface area contributed by atoms with Gasteiger partial charge in [-0.3, -0.25) is 4.90 Å². The van der Waals surface area contributed by atoms with Crippen molar-refractivity contribution in [2.45, 2.75) is 25.5 Å². The number of benzene rings is 1. The average Bonchev–Trinajstić information content (AvgIpc) is 2.88. The van der Waals surface area contributed by atoms with E-state index in [4.69, 9.17) is 4.42 Å². The highest BCUT2D eigenvalue weighted by Gasteiger charge is 2.19. The molecule has 0 bridgehead atoms. The zero-order valence-corrected chi connectivity index (χ0v) is 11.1. The normalized spacial score (nSPS) is 20.2. The summed E-state index contributed by atoms with van der Waals surface area (Å²) in [6.07, 6.45) is 3.26. The number of hydrogen-bond acceptors (Lipinski definition) is 4. The number of nitrogens with zero attached hydrogens (tertiary/aromatic N) is 2. The molecule has 0 radical (unpaired) electrons. The van der Waals surface area contributed by atoms with Crippen molar-refractivity contribution in [3.05, 3.63) is 42.2 Å². The minimum atomic E-state index is -0.268. The molecule has 5 heteroatoms. The molecule has 1 aromatic carbocycles. The number of aliphatic hydroxyl groups excluding tert-OH is 1. The zero-order chi connectivity index (χ0) is 13.9. The molecule has 0 aliphatic carbocycles. The summed E-state index contributed by atoms with van der Waals surface area (Å²) in [6, 6.07) is 6.14. The van der Waals surface area contributed by atoms with Gasteiger partial charge in [-0.1, -0.05) is 0 Å². The van der Waals surface area contributed by atoms with Crippen LogP contribution in [0.4, 0.5) is 4.39 Å². The van der Waals surface area contributed by atoms with E-state index >= 15 is 0 Å². The van der Waals surface area contributed by atoms with E-state index in [0.717, 1.165) is 24.9 Å². The lowest BCUT2D eigenvalue weighted by Gasteiger charge is -2.28. The molecule has 2 heterocycles. The van der Waals surface area contributed by atoms with E-state index in [-0.39, 0.29) is 11.9 Å². The maximum absolute atomic E-state index is 12.9. The van der Waals surface area contributed by atoms with E-state index in [9.17, 15) is 9.50 Å². The second-order valence-corrected chi connectivity index (χ2v) is 5.16. The molecule has 1 atom stereocenters. The number of hydrogen-bond donors (Lipinski definition) is 1. The minimum absolute atomic E-state index is 0.254. The Morgan fingerprint density at radius 3 is 2.90 bits per heavy atom. The number of oxazole rings is 1. The second kappa shape index (κ2) is 5.73. The number of aliphatic hydroxyl groups is 1. The summed E-state index contributed by atoms with van der Waals surface area (Å²) < 4.78 is 18.6. The van der Waals surface area contributed by atoms with Gasteiger partial charge < -0.3 is 9.52 Å². The molecule has 1 fully saturated rings. The Kier molecular flexibility index (Phi) is 3.80. The van der Waals surface area contributed by atoms with Gasteiger partial charge in [0.05, 0.1) is 18.8 Å². The van der Waals surface area contributed by atoms with Crippen LogP contribution in [0.15, 0.2) is 34.9 Å². The molecular formula is C15H17FN2O2. The highest BCUT2D eigenvalue weighted by atomic mass is 19.1. The van der Waals surface area contributed by atoms with Gasteiger partial charge in [0, 0.05) is 12.1 Å². The maximum atomic E-state index is 12.9. The first-order chi connectivity index (χ1) is 9.70. The SMILES string of the molecule is O[C@H]1CCCN(Cc2ncc(-c3ccc(F)cc3)o2)C1. The van der Waals surface area contributed by atoms with E-state index in [2.05, 4.69) is 9.88 Å². The lowest BCUT2D eigenvalue weighted by atomic mass is 10.1. The van der Waals surface area contributed by atoms with Crippen molar-refractivity contribution in [3.63, 3.8) is 0 Å². The Bertz CT molecular complexity index is 568. The van der Waals surface area contributed by atoms with Crippen LogP contribution >= 0.6 is 0 Å². The van der Waals surface area contributed by atoms with Crippen LogP contribution in [0, 0.1) is 5.82 Å². The third-order valence-electron chi connectivity index (χ3n) is 3.52. The van der Waals surface area contributed by atoms with Crippen molar-refractivity contribution in [1.29, 1.82) is 0 Å². The largest absolute Gasteiger partial charge is 0.439 e. The summed E-state index contributed by atoms with van der Waals surface area (Å²) in [5.74, 6) is 0.992. The smallest absolute Gasteiger partial charge is 0.209 e. The standard InChI is InChI=1S/C15H17FN2O2/c16-12-5-3-11(4-6-12)14-8-17-15(20-14)10-18-7-1-2-13(19)9-18/h3-6,8,13,19H,1-2,7,9-10H2/t13-/m0/s1. The Balaban J connectivity index is 1.69. The van der Waals surface area contributed by atoms with Crippen molar-refractivity contribution in [2.75, 3.05) is 13.1 Å². The lowest BCUT2D eigenvalue weighted by Crippen LogP contribution is -2.37. The predicted molar refractivity (Wildman–Crippen MR) is 72.4 cm³/mol. The van der Waals surface area contributed by atoms with E-state index in [1.165, 1.54) is 12.1 Å². The number of piperidine rings is 1. The number of rotatable bonds is 3. The van der Waals surface area contributed by atoms with Crippen molar-refractivity contribution < 1.29 is 13.9 Å². The molecule has 1 aromatic heterocycles. The van der Waals surface area contributed by atoms with Crippen LogP contribution in [0.5, 0.6) is 0 Å². The van der Waals surface area contributed by atoms with E-state index in [1.807, 2.05) is 0 Å². The molecule has 0 unspecified atom stereocenters. The maximum Gasteiger partial charge on any atom is 0.209 e. The average molecular weight is 276 g/mol. The van der Waals surface area contributed by atoms with Crippen LogP contribution < -0.4 is 0 Å². The molecule has 20 heavy (non-hydrogen) atoms. The minimum Gasteiger partial charge on any atom is -0.439 e. The summed E-state index contributed by atoms with van der Waals surface area (Å²) >= 11 is 0. The van der Waals surface area contributed by atoms with Gasteiger partial charge >= 0.3 is 0 Å². The second-order valence-electron chi connectivity index (χ2n) is 5.16. The topological polar surface area (TPSA) is 49.5 Å². The monoisotopic (exact) mass is 276 g/mol. The third-order valence-corrected chi connectivity index (χ3v) is 3.52. The van der Waals surface area contributed by atoms with E-state index in [0.29, 0.717) is 24.7 Å². The quantitative estimate of drug-likeness (QED) is 0.935. The van der Waals surface area contributed by atoms with Gasteiger partial charge in [-0.25, -0.2) is 9.37 Å². The Morgan fingerprint density at radius 1 is 1.35 bits per heavy atom. The Morgan fingerprint density at radius 2 is 2.15 bits per heavy atom. The van der Waals surface area contributed by atoms with Crippen LogP contribution in [-0.2, 0) is 6.54 Å². The fourth-order valence-electron chi connectivity index (χ4n) is 2.50. The van der Waals surface area contributed by atoms with Gasteiger partial charge in [0.15, 0.2) is 5.76 Å². The fraction of sp³-hybridized carbons (Fsp3) is 0.400. The first-order valence-electron chi connectivity index (χ1n) is 6.82. The van der Waals surface area contributed by atoms with Crippen molar-refractivity contribution in [3.8, 4) is 11.3 Å². The van der Waals surface area contributed by atoms with Crippen LogP contribution in [0.3, 0.4) is 0 Å². The van der Waals surface area contributed by atoms with Gasteiger partial charge in [0.2, 0.25) is 5.89 Å². The Labute approximate surface area is 116 Å². The lowest BCUT2D eigenvalue weighted by molar-refractivity contribution is 0.0625. The molecule has 4 nitrogen and oxygen atoms in total. The first kappa shape index (κ1) is 13.3. The van der Waals surface area contributed by atoms with Crippen molar-refractivity contribution in [1.82, 2.24) is 9.88 Å². The van der Waals surface area contributed by atoms with Crippen molar-refractivity contribution >= 4 is 0 Å². The molecule has 0 saturated carbocycles. The van der Waals surface area contributed by atoms with E-state index in [1.54, 1.807) is 18.3 Å². The van der Waals surface area contributed by atoms with Crippen LogP contribution in [0.1, 0.15) is 18.7 Å². The van der Waals surface area contributed by atoms with Crippen LogP contribution in [0.2, 0.25) is 0 Å². The highest BCUT2D eigenvalue weighted by molar-refractivity contribution is 5.55. The molecule has 0 amide bonds. The van der Waals surface area contributed by atoms with Gasteiger partial charge in [-0.05, 0) is 43.7 Å². The van der Waals surface area contributed by atoms with Gasteiger partial charge in [0.25, 0.3) is 0 Å². The van der Waals surface area contributed by atoms with Gasteiger partial charge in [0.1, 0.15) is 5.82 Å². The van der Waals surface area contributed by atoms with Crippen LogP contribution in [-0.4, -0.2) is 34.2 Å². The summed E-state index contributed by atoms with van der Waals surface area (Å²) in [5.41, 5.74) is 0.809. The molecule has 2 aromatic rings. The third kappa shape index (κ3) is 3.05. The van der Waals surface area contributed by atoms with Crippen LogP contribution in [0.25, 0.3) is 11.3 Å². The number of β-amino-alcohol motifs (C(OH)–C–C–N with tert-alkyl or cyclic N) is 1. The number of halogens is 1. The Hall–Kier alpha value is -1.72. The highest BCUT2D eigenvalue weighted by Crippen LogP contribution is 2.22. The molecular weight excluding hydrogens is 259 g/mol. The summed E-state index contributed by atoms with van der Waals surface area (Å²) in [5, 5.41) is 9.64. The zero-order valence-electron chi connectivity index (χ0n) is 11.1. The molecule has 0 spiro atoms. The number of likely N-dealkylation sites (tertiary alicyclic amines) is 1. The molecule has 3 rings (SSSR count). The summed E-state index contributed by atoms with van der Waals surface area (Å²) in [7, 11) is 0. The first-order valence-corrected chi connectivity index (χ1v) is 6.82. The molecule has 1 saturated heterocycles. The van der Waals surface area contributed by atoms with Gasteiger partial charge in [-0.15, -0.1) is 0 Å². The van der Waals surface area contributed by atoms with Crippen molar-refractivity contribution in [2.24, 2.45) is 0 Å². The molecule has 1 aliphatic heterocycles. The number of aromatic nitrogens is 1. The molecule has 1 N–H and O–H groups in total. The molecule has 1 aliphatic rings. The summed E-state index contributed by atoms with van der Waals surface area (Å²) in [4.78, 5) is 6.38. The summed E-state index contributed by atoms with van der Waals surface area (Å²) in [6.45, 7) is 2.21.